The van der Waals surface area contributed by atoms with E-state index in [1.807, 2.05) is 12.2 Å². The van der Waals surface area contributed by atoms with Gasteiger partial charge in [-0.1, -0.05) is 12.2 Å². The summed E-state index contributed by atoms with van der Waals surface area (Å²) in [5, 5.41) is 8.42. The topological polar surface area (TPSA) is 37.3 Å². The lowest BCUT2D eigenvalue weighted by molar-refractivity contribution is -0.125. The molecule has 0 aromatic heterocycles. The van der Waals surface area contributed by atoms with E-state index in [-0.39, 0.29) is 18.3 Å². The molecule has 0 aromatic rings. The first kappa shape index (κ1) is 6.49. The van der Waals surface area contributed by atoms with Crippen LogP contribution in [-0.2, 0) is 4.79 Å². The van der Waals surface area contributed by atoms with Crippen molar-refractivity contribution in [2.24, 2.45) is 5.92 Å². The van der Waals surface area contributed by atoms with Crippen molar-refractivity contribution < 1.29 is 9.90 Å². The van der Waals surface area contributed by atoms with Crippen LogP contribution in [-0.4, -0.2) is 17.5 Å². The lowest BCUT2D eigenvalue weighted by atomic mass is 10.0. The van der Waals surface area contributed by atoms with Crippen LogP contribution in [0.4, 0.5) is 0 Å². The van der Waals surface area contributed by atoms with Crippen LogP contribution in [0.2, 0.25) is 0 Å². The zero-order valence-electron chi connectivity index (χ0n) is 5.21. The highest BCUT2D eigenvalue weighted by atomic mass is 16.3. The van der Waals surface area contributed by atoms with Crippen LogP contribution in [0.1, 0.15) is 12.8 Å². The Balaban J connectivity index is 2.36. The number of hydrogen-bond donors (Lipinski definition) is 1. The van der Waals surface area contributed by atoms with Gasteiger partial charge >= 0.3 is 0 Å². The molecule has 0 aromatic carbocycles. The molecule has 0 atom stereocenters. The van der Waals surface area contributed by atoms with Gasteiger partial charge in [-0.05, 0) is 12.8 Å². The molecule has 0 aliphatic heterocycles. The maximum Gasteiger partial charge on any atom is 0.161 e. The summed E-state index contributed by atoms with van der Waals surface area (Å²) >= 11 is 0. The molecule has 0 bridgehead atoms. The Hall–Kier alpha value is -0.630. The van der Waals surface area contributed by atoms with Gasteiger partial charge < -0.3 is 5.11 Å². The Morgan fingerprint density at radius 1 is 1.56 bits per heavy atom. The molecule has 1 rings (SSSR count). The molecule has 1 aliphatic carbocycles. The number of aliphatic hydroxyl groups is 1. The predicted octanol–water partition coefficient (Wildman–Crippen LogP) is 0.514. The molecule has 0 heterocycles. The third-order valence-electron chi connectivity index (χ3n) is 1.62. The first-order valence-corrected chi connectivity index (χ1v) is 3.13. The smallest absolute Gasteiger partial charge is 0.161 e. The summed E-state index contributed by atoms with van der Waals surface area (Å²) in [4.78, 5) is 10.7. The second-order valence-electron chi connectivity index (χ2n) is 2.26. The number of carbonyl (C=O) groups excluding carboxylic acids is 1. The van der Waals surface area contributed by atoms with Crippen molar-refractivity contribution in [2.45, 2.75) is 12.8 Å². The van der Waals surface area contributed by atoms with Gasteiger partial charge in [-0.3, -0.25) is 4.79 Å². The van der Waals surface area contributed by atoms with Crippen LogP contribution < -0.4 is 0 Å². The maximum atomic E-state index is 10.7. The number of rotatable bonds is 2. The monoisotopic (exact) mass is 126 g/mol. The van der Waals surface area contributed by atoms with Gasteiger partial charge in [0, 0.05) is 5.92 Å². The highest BCUT2D eigenvalue weighted by Crippen LogP contribution is 2.17. The van der Waals surface area contributed by atoms with Crippen LogP contribution in [0, 0.1) is 5.92 Å². The fraction of sp³-hybridized carbons (Fsp3) is 0.571. The molecule has 9 heavy (non-hydrogen) atoms. The van der Waals surface area contributed by atoms with Crippen molar-refractivity contribution in [3.8, 4) is 0 Å². The molecule has 0 amide bonds. The molecule has 0 radical (unpaired) electrons. The van der Waals surface area contributed by atoms with Crippen LogP contribution >= 0.6 is 0 Å². The highest BCUT2D eigenvalue weighted by Gasteiger charge is 2.17. The van der Waals surface area contributed by atoms with E-state index in [0.717, 1.165) is 12.8 Å². The molecule has 1 aliphatic rings. The average Bonchev–Trinajstić information content (AvgIpc) is 2.37. The summed E-state index contributed by atoms with van der Waals surface area (Å²) in [5.41, 5.74) is 0. The number of hydrogen-bond acceptors (Lipinski definition) is 2. The lowest BCUT2D eigenvalue weighted by Crippen LogP contribution is -2.14. The van der Waals surface area contributed by atoms with Gasteiger partial charge in [0.2, 0.25) is 0 Å². The zero-order valence-corrected chi connectivity index (χ0v) is 5.21. The summed E-state index contributed by atoms with van der Waals surface area (Å²) in [6.45, 7) is -0.299. The number of aliphatic hydroxyl groups excluding tert-OH is 1. The molecule has 0 unspecified atom stereocenters. The fourth-order valence-corrected chi connectivity index (χ4v) is 1.01. The second-order valence-corrected chi connectivity index (χ2v) is 2.26. The number of ketones is 1. The van der Waals surface area contributed by atoms with Crippen molar-refractivity contribution in [2.75, 3.05) is 6.61 Å². The Bertz CT molecular complexity index is 130. The lowest BCUT2D eigenvalue weighted by Gasteiger charge is -2.02. The van der Waals surface area contributed by atoms with Gasteiger partial charge in [0.25, 0.3) is 0 Å². The minimum atomic E-state index is -0.299. The molecule has 2 heteroatoms. The standard InChI is InChI=1S/C7H10O2/c8-5-7(9)6-3-1-2-4-6/h1-2,6,8H,3-5H2. The summed E-state index contributed by atoms with van der Waals surface area (Å²) in [7, 11) is 0. The van der Waals surface area contributed by atoms with E-state index < -0.39 is 0 Å². The van der Waals surface area contributed by atoms with E-state index in [1.165, 1.54) is 0 Å². The molecule has 0 fully saturated rings. The molecule has 0 saturated carbocycles. The number of carbonyl (C=O) groups is 1. The summed E-state index contributed by atoms with van der Waals surface area (Å²) < 4.78 is 0. The minimum absolute atomic E-state index is 0.0278. The van der Waals surface area contributed by atoms with Crippen LogP contribution in [0.3, 0.4) is 0 Å². The molecular formula is C7H10O2. The summed E-state index contributed by atoms with van der Waals surface area (Å²) in [6, 6.07) is 0. The maximum absolute atomic E-state index is 10.7. The van der Waals surface area contributed by atoms with E-state index in [0.29, 0.717) is 0 Å². The predicted molar refractivity (Wildman–Crippen MR) is 34.0 cm³/mol. The van der Waals surface area contributed by atoms with Gasteiger partial charge in [0.1, 0.15) is 6.61 Å². The van der Waals surface area contributed by atoms with Crippen molar-refractivity contribution in [1.82, 2.24) is 0 Å². The van der Waals surface area contributed by atoms with Gasteiger partial charge in [0.15, 0.2) is 5.78 Å². The number of allylic oxidation sites excluding steroid dienone is 2. The molecule has 2 nitrogen and oxygen atoms in total. The van der Waals surface area contributed by atoms with E-state index >= 15 is 0 Å². The quantitative estimate of drug-likeness (QED) is 0.547. The van der Waals surface area contributed by atoms with Gasteiger partial charge in [-0.2, -0.15) is 0 Å². The van der Waals surface area contributed by atoms with Crippen LogP contribution in [0.5, 0.6) is 0 Å². The third kappa shape index (κ3) is 1.39. The fourth-order valence-electron chi connectivity index (χ4n) is 1.01. The second kappa shape index (κ2) is 2.78. The summed E-state index contributed by atoms with van der Waals surface area (Å²) in [5.74, 6) is 0.0509. The van der Waals surface area contributed by atoms with Crippen LogP contribution in [0.25, 0.3) is 0 Å². The Morgan fingerprint density at radius 2 is 2.11 bits per heavy atom. The van der Waals surface area contributed by atoms with Crippen molar-refractivity contribution in [1.29, 1.82) is 0 Å². The van der Waals surface area contributed by atoms with E-state index in [1.54, 1.807) is 0 Å². The summed E-state index contributed by atoms with van der Waals surface area (Å²) in [6.07, 6.45) is 5.61. The molecule has 0 spiro atoms. The van der Waals surface area contributed by atoms with Gasteiger partial charge in [-0.25, -0.2) is 0 Å². The molecule has 0 saturated heterocycles. The normalized spacial score (nSPS) is 18.8. The van der Waals surface area contributed by atoms with E-state index in [2.05, 4.69) is 0 Å². The Morgan fingerprint density at radius 3 is 2.56 bits per heavy atom. The first-order chi connectivity index (χ1) is 4.34. The SMILES string of the molecule is O=C(CO)C1CC=CC1. The Kier molecular flexibility index (Phi) is 2.01. The van der Waals surface area contributed by atoms with Gasteiger partial charge in [-0.15, -0.1) is 0 Å². The van der Waals surface area contributed by atoms with Crippen LogP contribution in [0.15, 0.2) is 12.2 Å². The molecular weight excluding hydrogens is 116 g/mol. The molecule has 1 N–H and O–H groups in total. The number of Topliss-reactive ketones (excluding diaryl/α,β-unsaturated/α-hetero) is 1. The zero-order chi connectivity index (χ0) is 6.69. The first-order valence-electron chi connectivity index (χ1n) is 3.13. The van der Waals surface area contributed by atoms with Gasteiger partial charge in [0.05, 0.1) is 0 Å². The van der Waals surface area contributed by atoms with Crippen molar-refractivity contribution in [3.05, 3.63) is 12.2 Å². The largest absolute Gasteiger partial charge is 0.389 e. The van der Waals surface area contributed by atoms with E-state index in [9.17, 15) is 4.79 Å². The third-order valence-corrected chi connectivity index (χ3v) is 1.62. The minimum Gasteiger partial charge on any atom is -0.389 e. The molecule has 50 valence electrons. The van der Waals surface area contributed by atoms with E-state index in [4.69, 9.17) is 5.11 Å². The highest BCUT2D eigenvalue weighted by molar-refractivity contribution is 5.82. The average molecular weight is 126 g/mol. The van der Waals surface area contributed by atoms with Crippen molar-refractivity contribution in [3.63, 3.8) is 0 Å². The Labute approximate surface area is 54.2 Å². The van der Waals surface area contributed by atoms with Crippen molar-refractivity contribution >= 4 is 5.78 Å².